The molecule has 2 rings (SSSR count). The largest absolute Gasteiger partial charge is 0.312 e. The Bertz CT molecular complexity index is 696. The van der Waals surface area contributed by atoms with E-state index in [1.165, 1.54) is 21.6 Å². The Morgan fingerprint density at radius 3 is 2.70 bits per heavy atom. The number of pyridine rings is 1. The number of fused-ring (bicyclic) bond motifs is 1. The molecular formula is C12H11N3O6S2. The van der Waals surface area contributed by atoms with Crippen molar-refractivity contribution in [3.05, 3.63) is 56.8 Å². The van der Waals surface area contributed by atoms with Crippen molar-refractivity contribution in [3.8, 4) is 0 Å². The maximum Gasteiger partial charge on any atom is 0.294 e. The lowest BCUT2D eigenvalue weighted by Gasteiger charge is -2.12. The summed E-state index contributed by atoms with van der Waals surface area (Å²) in [6, 6.07) is 9.46. The highest BCUT2D eigenvalue weighted by atomic mass is 33.1. The van der Waals surface area contributed by atoms with E-state index in [-0.39, 0.29) is 5.75 Å². The van der Waals surface area contributed by atoms with Crippen molar-refractivity contribution in [3.63, 3.8) is 0 Å². The molecule has 1 aromatic heterocycles. The van der Waals surface area contributed by atoms with E-state index in [0.717, 1.165) is 15.8 Å². The summed E-state index contributed by atoms with van der Waals surface area (Å²) in [7, 11) is 2.63. The van der Waals surface area contributed by atoms with E-state index in [4.69, 9.17) is 0 Å². The normalized spacial score (nSPS) is 11.8. The Morgan fingerprint density at radius 1 is 1.17 bits per heavy atom. The van der Waals surface area contributed by atoms with Gasteiger partial charge in [0.15, 0.2) is 0 Å². The Hall–Kier alpha value is -2.27. The monoisotopic (exact) mass is 357 g/mol. The lowest BCUT2D eigenvalue weighted by molar-refractivity contribution is -0.788. The average molecular weight is 357 g/mol. The molecule has 0 amide bonds. The molecule has 1 aromatic carbocycles. The van der Waals surface area contributed by atoms with Gasteiger partial charge in [-0.25, -0.2) is 0 Å². The number of hydrogen-bond acceptors (Lipinski definition) is 9. The minimum absolute atomic E-state index is 0.142. The molecule has 0 aliphatic carbocycles. The molecule has 0 saturated heterocycles. The molecule has 1 atom stereocenters. The summed E-state index contributed by atoms with van der Waals surface area (Å²) < 4.78 is 0. The fourth-order valence-corrected chi connectivity index (χ4v) is 4.02. The highest BCUT2D eigenvalue weighted by molar-refractivity contribution is 8.76. The summed E-state index contributed by atoms with van der Waals surface area (Å²) in [6.45, 7) is -0.505. The minimum atomic E-state index is -1.03. The maximum atomic E-state index is 10.4. The zero-order valence-corrected chi connectivity index (χ0v) is 13.2. The van der Waals surface area contributed by atoms with Gasteiger partial charge in [0.25, 0.3) is 10.2 Å². The Balaban J connectivity index is 1.94. The third-order valence-corrected chi connectivity index (χ3v) is 5.03. The van der Waals surface area contributed by atoms with Crippen molar-refractivity contribution < 1.29 is 19.8 Å². The third-order valence-electron chi connectivity index (χ3n) is 2.60. The molecule has 0 spiro atoms. The predicted octanol–water partition coefficient (Wildman–Crippen LogP) is 2.76. The molecule has 0 saturated carbocycles. The van der Waals surface area contributed by atoms with Crippen LogP contribution in [0.4, 0.5) is 0 Å². The summed E-state index contributed by atoms with van der Waals surface area (Å²) in [5.74, 6) is 0.142. The van der Waals surface area contributed by atoms with Gasteiger partial charge >= 0.3 is 0 Å². The van der Waals surface area contributed by atoms with Crippen LogP contribution in [-0.2, 0) is 9.68 Å². The Kier molecular flexibility index (Phi) is 6.23. The van der Waals surface area contributed by atoms with Crippen molar-refractivity contribution in [1.82, 2.24) is 4.98 Å². The van der Waals surface area contributed by atoms with E-state index < -0.39 is 22.9 Å². The molecular weight excluding hydrogens is 346 g/mol. The smallest absolute Gasteiger partial charge is 0.294 e. The van der Waals surface area contributed by atoms with Crippen LogP contribution in [0.15, 0.2) is 41.4 Å². The molecule has 11 heteroatoms. The molecule has 122 valence electrons. The quantitative estimate of drug-likeness (QED) is 0.379. The van der Waals surface area contributed by atoms with Crippen LogP contribution >= 0.6 is 21.6 Å². The molecule has 0 bridgehead atoms. The lowest BCUT2D eigenvalue weighted by Crippen LogP contribution is -2.26. The van der Waals surface area contributed by atoms with Crippen molar-refractivity contribution in [2.75, 3.05) is 12.4 Å². The summed E-state index contributed by atoms with van der Waals surface area (Å²) >= 11 is 0. The molecule has 23 heavy (non-hydrogen) atoms. The number of aromatic nitrogens is 1. The first kappa shape index (κ1) is 17.1. The van der Waals surface area contributed by atoms with Gasteiger partial charge in [0, 0.05) is 22.2 Å². The van der Waals surface area contributed by atoms with Crippen LogP contribution in [0, 0.1) is 20.2 Å². The van der Waals surface area contributed by atoms with Crippen molar-refractivity contribution >= 4 is 32.5 Å². The van der Waals surface area contributed by atoms with Crippen LogP contribution in [0.25, 0.3) is 10.9 Å². The second-order valence-corrected chi connectivity index (χ2v) is 6.55. The van der Waals surface area contributed by atoms with Gasteiger partial charge in [-0.2, -0.15) is 0 Å². The van der Waals surface area contributed by atoms with Gasteiger partial charge in [-0.05, 0) is 12.1 Å². The van der Waals surface area contributed by atoms with E-state index >= 15 is 0 Å². The second-order valence-electron chi connectivity index (χ2n) is 4.17. The average Bonchev–Trinajstić information content (AvgIpc) is 2.52. The number of para-hydroxylation sites is 1. The first-order valence-electron chi connectivity index (χ1n) is 6.28. The fraction of sp³-hybridized carbons (Fsp3) is 0.250. The number of rotatable bonds is 9. The zero-order chi connectivity index (χ0) is 16.7. The molecule has 1 heterocycles. The van der Waals surface area contributed by atoms with Crippen LogP contribution in [0.3, 0.4) is 0 Å². The standard InChI is InChI=1S/C12H11N3O6S2/c16-14(17)20-7-10(21-15(18)19)8-22-23-11-5-1-3-9-4-2-6-13-12(9)11/h1-6,10H,7-8H2. The highest BCUT2D eigenvalue weighted by Gasteiger charge is 2.16. The summed E-state index contributed by atoms with van der Waals surface area (Å²) in [4.78, 5) is 34.3. The van der Waals surface area contributed by atoms with E-state index in [2.05, 4.69) is 14.7 Å². The topological polar surface area (TPSA) is 118 Å². The number of nitrogens with zero attached hydrogens (tertiary/aromatic N) is 3. The van der Waals surface area contributed by atoms with Gasteiger partial charge in [-0.15, -0.1) is 20.2 Å². The second kappa shape index (κ2) is 8.39. The van der Waals surface area contributed by atoms with Crippen LogP contribution in [0.5, 0.6) is 0 Å². The molecule has 0 aliphatic heterocycles. The molecule has 2 aromatic rings. The minimum Gasteiger partial charge on any atom is -0.312 e. The molecule has 9 nitrogen and oxygen atoms in total. The van der Waals surface area contributed by atoms with E-state index in [9.17, 15) is 20.2 Å². The zero-order valence-electron chi connectivity index (χ0n) is 11.6. The number of hydrogen-bond donors (Lipinski definition) is 0. The van der Waals surface area contributed by atoms with Crippen molar-refractivity contribution in [2.24, 2.45) is 0 Å². The van der Waals surface area contributed by atoms with Gasteiger partial charge in [0.1, 0.15) is 12.7 Å². The molecule has 0 aliphatic rings. The summed E-state index contributed by atoms with van der Waals surface area (Å²) in [5, 5.41) is 19.5. The van der Waals surface area contributed by atoms with Crippen LogP contribution < -0.4 is 0 Å². The van der Waals surface area contributed by atoms with Crippen molar-refractivity contribution in [1.29, 1.82) is 0 Å². The predicted molar refractivity (Wildman–Crippen MR) is 84.9 cm³/mol. The van der Waals surface area contributed by atoms with Crippen LogP contribution in [0.2, 0.25) is 0 Å². The highest BCUT2D eigenvalue weighted by Crippen LogP contribution is 2.35. The summed E-state index contributed by atoms with van der Waals surface area (Å²) in [5.41, 5.74) is 0.820. The molecule has 0 fully saturated rings. The van der Waals surface area contributed by atoms with Crippen LogP contribution in [-0.4, -0.2) is 33.6 Å². The molecule has 0 radical (unpaired) electrons. The van der Waals surface area contributed by atoms with Gasteiger partial charge < -0.3 is 9.68 Å². The lowest BCUT2D eigenvalue weighted by atomic mass is 10.2. The molecule has 1 unspecified atom stereocenters. The van der Waals surface area contributed by atoms with E-state index in [1.807, 2.05) is 30.3 Å². The summed E-state index contributed by atoms with van der Waals surface area (Å²) in [6.07, 6.45) is 0.650. The van der Waals surface area contributed by atoms with E-state index in [1.54, 1.807) is 6.20 Å². The Morgan fingerprint density at radius 2 is 1.96 bits per heavy atom. The SMILES string of the molecule is O=[N+]([O-])OCC(CSSc1cccc2cccnc12)O[N+](=O)[O-]. The molecule has 0 N–H and O–H groups in total. The van der Waals surface area contributed by atoms with Gasteiger partial charge in [-0.1, -0.05) is 39.8 Å². The fourth-order valence-electron chi connectivity index (χ4n) is 1.69. The number of benzene rings is 1. The van der Waals surface area contributed by atoms with Crippen molar-refractivity contribution in [2.45, 2.75) is 11.0 Å². The van der Waals surface area contributed by atoms with Gasteiger partial charge in [-0.3, -0.25) is 4.98 Å². The van der Waals surface area contributed by atoms with E-state index in [0.29, 0.717) is 0 Å². The van der Waals surface area contributed by atoms with Gasteiger partial charge in [0.2, 0.25) is 0 Å². The third kappa shape index (κ3) is 5.45. The Labute approximate surface area is 138 Å². The maximum absolute atomic E-state index is 10.4. The first-order chi connectivity index (χ1) is 11.1. The van der Waals surface area contributed by atoms with Gasteiger partial charge in [0.05, 0.1) is 5.52 Å². The van der Waals surface area contributed by atoms with Crippen LogP contribution in [0.1, 0.15) is 0 Å². The first-order valence-corrected chi connectivity index (χ1v) is 8.60.